The first-order chi connectivity index (χ1) is 4.88. The molecule has 0 N–H and O–H groups in total. The van der Waals surface area contributed by atoms with Crippen LogP contribution in [0.3, 0.4) is 0 Å². The van der Waals surface area contributed by atoms with Gasteiger partial charge in [0.05, 0.1) is 6.61 Å². The molecule has 0 radical (unpaired) electrons. The van der Waals surface area contributed by atoms with Gasteiger partial charge in [-0.2, -0.15) is 0 Å². The summed E-state index contributed by atoms with van der Waals surface area (Å²) < 4.78 is 10.9. The summed E-state index contributed by atoms with van der Waals surface area (Å²) in [7, 11) is 0. The van der Waals surface area contributed by atoms with Crippen molar-refractivity contribution in [2.75, 3.05) is 13.2 Å². The molecule has 0 unspecified atom stereocenters. The highest BCUT2D eigenvalue weighted by Gasteiger charge is 2.36. The van der Waals surface area contributed by atoms with Crippen molar-refractivity contribution >= 4 is 0 Å². The molecule has 10 heavy (non-hydrogen) atoms. The zero-order valence-electron chi connectivity index (χ0n) is 6.38. The number of rotatable bonds is 0. The maximum atomic E-state index is 5.45. The lowest BCUT2D eigenvalue weighted by molar-refractivity contribution is -0.151. The van der Waals surface area contributed by atoms with Crippen molar-refractivity contribution in [3.63, 3.8) is 0 Å². The van der Waals surface area contributed by atoms with Crippen molar-refractivity contribution in [3.8, 4) is 0 Å². The fourth-order valence-electron chi connectivity index (χ4n) is 1.87. The summed E-state index contributed by atoms with van der Waals surface area (Å²) >= 11 is 0. The van der Waals surface area contributed by atoms with Gasteiger partial charge >= 0.3 is 0 Å². The standard InChI is InChI=1S/C8H14O2/c1-6-5-10-8-7(6)3-2-4-9-8/h6-8H,2-5H2,1H3/t6-,7+,8-/m1/s1. The molecular weight excluding hydrogens is 128 g/mol. The molecule has 0 aromatic rings. The lowest BCUT2D eigenvalue weighted by atomic mass is 9.91. The van der Waals surface area contributed by atoms with Gasteiger partial charge in [0.1, 0.15) is 0 Å². The Hall–Kier alpha value is -0.0800. The van der Waals surface area contributed by atoms with E-state index in [2.05, 4.69) is 6.92 Å². The Balaban J connectivity index is 2.01. The van der Waals surface area contributed by atoms with E-state index in [1.807, 2.05) is 0 Å². The zero-order chi connectivity index (χ0) is 6.97. The third-order valence-corrected chi connectivity index (χ3v) is 2.57. The van der Waals surface area contributed by atoms with Gasteiger partial charge in [-0.15, -0.1) is 0 Å². The van der Waals surface area contributed by atoms with Gasteiger partial charge in [-0.25, -0.2) is 0 Å². The van der Waals surface area contributed by atoms with E-state index < -0.39 is 0 Å². The van der Waals surface area contributed by atoms with Gasteiger partial charge in [-0.1, -0.05) is 6.92 Å². The Kier molecular flexibility index (Phi) is 1.66. The van der Waals surface area contributed by atoms with E-state index in [0.29, 0.717) is 11.8 Å². The van der Waals surface area contributed by atoms with Crippen LogP contribution in [0.1, 0.15) is 19.8 Å². The Labute approximate surface area is 61.5 Å². The SMILES string of the molecule is C[C@@H]1CO[C@H]2OCCC[C@H]21. The first-order valence-corrected chi connectivity index (χ1v) is 4.11. The number of fused-ring (bicyclic) bond motifs is 1. The summed E-state index contributed by atoms with van der Waals surface area (Å²) in [5, 5.41) is 0. The number of ether oxygens (including phenoxy) is 2. The summed E-state index contributed by atoms with van der Waals surface area (Å²) in [6.07, 6.45) is 2.66. The highest BCUT2D eigenvalue weighted by atomic mass is 16.7. The van der Waals surface area contributed by atoms with E-state index >= 15 is 0 Å². The summed E-state index contributed by atoms with van der Waals surface area (Å²) in [6, 6.07) is 0. The van der Waals surface area contributed by atoms with Crippen LogP contribution in [-0.4, -0.2) is 19.5 Å². The number of hydrogen-bond donors (Lipinski definition) is 0. The molecule has 2 fully saturated rings. The molecule has 58 valence electrons. The predicted octanol–water partition coefficient (Wildman–Crippen LogP) is 1.41. The third kappa shape index (κ3) is 0.956. The lowest BCUT2D eigenvalue weighted by Crippen LogP contribution is -2.27. The Morgan fingerprint density at radius 1 is 1.30 bits per heavy atom. The summed E-state index contributed by atoms with van der Waals surface area (Å²) in [5.74, 6) is 1.40. The minimum absolute atomic E-state index is 0.142. The number of hydrogen-bond acceptors (Lipinski definition) is 2. The van der Waals surface area contributed by atoms with E-state index in [1.165, 1.54) is 12.8 Å². The van der Waals surface area contributed by atoms with Crippen LogP contribution in [0, 0.1) is 11.8 Å². The quantitative estimate of drug-likeness (QED) is 0.509. The molecule has 0 aromatic carbocycles. The normalized spacial score (nSPS) is 47.1. The van der Waals surface area contributed by atoms with Crippen LogP contribution in [0.5, 0.6) is 0 Å². The predicted molar refractivity (Wildman–Crippen MR) is 37.6 cm³/mol. The zero-order valence-corrected chi connectivity index (χ0v) is 6.38. The Morgan fingerprint density at radius 3 is 3.00 bits per heavy atom. The molecule has 2 aliphatic rings. The summed E-state index contributed by atoms with van der Waals surface area (Å²) in [4.78, 5) is 0. The van der Waals surface area contributed by atoms with Gasteiger partial charge in [0.25, 0.3) is 0 Å². The molecule has 0 aliphatic carbocycles. The monoisotopic (exact) mass is 142 g/mol. The van der Waals surface area contributed by atoms with Crippen molar-refractivity contribution in [1.82, 2.24) is 0 Å². The van der Waals surface area contributed by atoms with E-state index in [4.69, 9.17) is 9.47 Å². The molecule has 2 saturated heterocycles. The highest BCUT2D eigenvalue weighted by molar-refractivity contribution is 4.78. The fraction of sp³-hybridized carbons (Fsp3) is 1.00. The second kappa shape index (κ2) is 2.51. The largest absolute Gasteiger partial charge is 0.352 e. The van der Waals surface area contributed by atoms with Crippen LogP contribution in [0.15, 0.2) is 0 Å². The average molecular weight is 142 g/mol. The smallest absolute Gasteiger partial charge is 0.160 e. The van der Waals surface area contributed by atoms with E-state index in [0.717, 1.165) is 13.2 Å². The van der Waals surface area contributed by atoms with Crippen LogP contribution in [0.2, 0.25) is 0 Å². The fourth-order valence-corrected chi connectivity index (χ4v) is 1.87. The van der Waals surface area contributed by atoms with Crippen LogP contribution in [0.25, 0.3) is 0 Å². The molecule has 2 rings (SSSR count). The molecule has 0 aromatic heterocycles. The van der Waals surface area contributed by atoms with Crippen molar-refractivity contribution in [1.29, 1.82) is 0 Å². The van der Waals surface area contributed by atoms with E-state index in [9.17, 15) is 0 Å². The maximum Gasteiger partial charge on any atom is 0.160 e. The van der Waals surface area contributed by atoms with Gasteiger partial charge in [0, 0.05) is 12.5 Å². The summed E-state index contributed by atoms with van der Waals surface area (Å²) in [5.41, 5.74) is 0. The van der Waals surface area contributed by atoms with Gasteiger partial charge < -0.3 is 9.47 Å². The van der Waals surface area contributed by atoms with Crippen LogP contribution in [-0.2, 0) is 9.47 Å². The minimum atomic E-state index is 0.142. The van der Waals surface area contributed by atoms with Crippen molar-refractivity contribution in [2.45, 2.75) is 26.1 Å². The third-order valence-electron chi connectivity index (χ3n) is 2.57. The topological polar surface area (TPSA) is 18.5 Å². The minimum Gasteiger partial charge on any atom is -0.352 e. The van der Waals surface area contributed by atoms with Crippen LogP contribution in [0.4, 0.5) is 0 Å². The van der Waals surface area contributed by atoms with Crippen LogP contribution >= 0.6 is 0 Å². The molecule has 3 atom stereocenters. The lowest BCUT2D eigenvalue weighted by Gasteiger charge is -2.25. The van der Waals surface area contributed by atoms with E-state index in [-0.39, 0.29) is 6.29 Å². The first-order valence-electron chi connectivity index (χ1n) is 4.11. The Morgan fingerprint density at radius 2 is 2.20 bits per heavy atom. The molecule has 0 spiro atoms. The van der Waals surface area contributed by atoms with E-state index in [1.54, 1.807) is 0 Å². The second-order valence-electron chi connectivity index (χ2n) is 3.36. The molecule has 0 saturated carbocycles. The molecule has 0 bridgehead atoms. The van der Waals surface area contributed by atoms with Crippen LogP contribution < -0.4 is 0 Å². The molecular formula is C8H14O2. The van der Waals surface area contributed by atoms with Gasteiger partial charge in [0.2, 0.25) is 0 Å². The highest BCUT2D eigenvalue weighted by Crippen LogP contribution is 2.34. The van der Waals surface area contributed by atoms with Crippen molar-refractivity contribution in [3.05, 3.63) is 0 Å². The second-order valence-corrected chi connectivity index (χ2v) is 3.36. The van der Waals surface area contributed by atoms with Gasteiger partial charge in [-0.05, 0) is 18.8 Å². The molecule has 2 heteroatoms. The van der Waals surface area contributed by atoms with Crippen molar-refractivity contribution < 1.29 is 9.47 Å². The Bertz CT molecular complexity index is 122. The first kappa shape index (κ1) is 6.62. The summed E-state index contributed by atoms with van der Waals surface area (Å²) in [6.45, 7) is 4.04. The average Bonchev–Trinajstić information content (AvgIpc) is 2.34. The molecule has 0 amide bonds. The maximum absolute atomic E-state index is 5.45. The molecule has 2 nitrogen and oxygen atoms in total. The van der Waals surface area contributed by atoms with Crippen molar-refractivity contribution in [2.24, 2.45) is 11.8 Å². The van der Waals surface area contributed by atoms with Gasteiger partial charge in [-0.3, -0.25) is 0 Å². The van der Waals surface area contributed by atoms with Gasteiger partial charge in [0.15, 0.2) is 6.29 Å². The molecule has 2 heterocycles. The molecule has 2 aliphatic heterocycles.